The summed E-state index contributed by atoms with van der Waals surface area (Å²) in [7, 11) is 0. The van der Waals surface area contributed by atoms with E-state index in [9.17, 15) is 9.18 Å². The van der Waals surface area contributed by atoms with E-state index in [0.29, 0.717) is 19.6 Å². The fraction of sp³-hybridized carbons (Fsp3) is 0.300. The number of hydrogen-bond donors (Lipinski definition) is 0. The van der Waals surface area contributed by atoms with Crippen molar-refractivity contribution < 1.29 is 9.18 Å². The number of hydrogen-bond acceptors (Lipinski definition) is 4. The van der Waals surface area contributed by atoms with E-state index in [0.717, 1.165) is 30.6 Å². The lowest BCUT2D eigenvalue weighted by Crippen LogP contribution is -2.38. The van der Waals surface area contributed by atoms with Crippen LogP contribution in [0.5, 0.6) is 0 Å². The van der Waals surface area contributed by atoms with Crippen LogP contribution < -0.4 is 0 Å². The number of nitrogens with zero attached hydrogens (tertiary/aromatic N) is 5. The largest absolute Gasteiger partial charge is 0.339 e. The van der Waals surface area contributed by atoms with E-state index in [2.05, 4.69) is 19.5 Å². The minimum Gasteiger partial charge on any atom is -0.339 e. The normalized spacial score (nSPS) is 15.1. The molecule has 0 radical (unpaired) electrons. The van der Waals surface area contributed by atoms with E-state index >= 15 is 0 Å². The number of amides is 1. The van der Waals surface area contributed by atoms with Crippen molar-refractivity contribution in [3.05, 3.63) is 78.1 Å². The van der Waals surface area contributed by atoms with Gasteiger partial charge in [-0.1, -0.05) is 6.07 Å². The number of likely N-dealkylation sites (tertiary alicyclic amines) is 1. The Balaban J connectivity index is 1.42. The summed E-state index contributed by atoms with van der Waals surface area (Å²) < 4.78 is 15.9. The minimum absolute atomic E-state index is 0.0834. The second-order valence-electron chi connectivity index (χ2n) is 6.66. The Morgan fingerprint density at radius 1 is 1.11 bits per heavy atom. The number of imidazole rings is 1. The third-order valence-electron chi connectivity index (χ3n) is 4.96. The Hall–Kier alpha value is -3.09. The molecule has 3 aromatic heterocycles. The molecule has 0 bridgehead atoms. The molecule has 1 aliphatic heterocycles. The third-order valence-corrected chi connectivity index (χ3v) is 4.96. The van der Waals surface area contributed by atoms with Crippen LogP contribution in [0.15, 0.2) is 55.2 Å². The lowest BCUT2D eigenvalue weighted by atomic mass is 9.95. The molecular formula is C20H20FN5O. The van der Waals surface area contributed by atoms with Gasteiger partial charge >= 0.3 is 0 Å². The van der Waals surface area contributed by atoms with Gasteiger partial charge < -0.3 is 9.47 Å². The topological polar surface area (TPSA) is 63.9 Å². The minimum atomic E-state index is -0.574. The molecule has 4 heterocycles. The molecule has 0 N–H and O–H groups in total. The highest BCUT2D eigenvalue weighted by Crippen LogP contribution is 2.28. The first-order valence-electron chi connectivity index (χ1n) is 9.02. The Kier molecular flexibility index (Phi) is 4.91. The Morgan fingerprint density at radius 2 is 1.96 bits per heavy atom. The van der Waals surface area contributed by atoms with Gasteiger partial charge in [-0.3, -0.25) is 14.8 Å². The second kappa shape index (κ2) is 7.65. The molecular weight excluding hydrogens is 345 g/mol. The monoisotopic (exact) mass is 365 g/mol. The maximum Gasteiger partial charge on any atom is 0.256 e. The highest BCUT2D eigenvalue weighted by molar-refractivity contribution is 5.94. The number of carbonyl (C=O) groups excluding carboxylic acids is 1. The Labute approximate surface area is 156 Å². The molecule has 4 rings (SSSR count). The number of pyridine rings is 2. The van der Waals surface area contributed by atoms with E-state index < -0.39 is 5.82 Å². The van der Waals surface area contributed by atoms with Gasteiger partial charge in [-0.05, 0) is 31.0 Å². The highest BCUT2D eigenvalue weighted by atomic mass is 19.1. The fourth-order valence-electron chi connectivity index (χ4n) is 3.54. The summed E-state index contributed by atoms with van der Waals surface area (Å²) in [5.74, 6) is 0.443. The summed E-state index contributed by atoms with van der Waals surface area (Å²) in [4.78, 5) is 26.9. The van der Waals surface area contributed by atoms with E-state index in [1.807, 2.05) is 30.6 Å². The van der Waals surface area contributed by atoms with Gasteiger partial charge in [0, 0.05) is 43.8 Å². The molecule has 1 aliphatic rings. The van der Waals surface area contributed by atoms with Crippen LogP contribution in [0.3, 0.4) is 0 Å². The summed E-state index contributed by atoms with van der Waals surface area (Å²) in [5, 5.41) is 0. The van der Waals surface area contributed by atoms with Crippen molar-refractivity contribution in [1.29, 1.82) is 0 Å². The van der Waals surface area contributed by atoms with Crippen molar-refractivity contribution >= 4 is 5.91 Å². The molecule has 3 aromatic rings. The first-order chi connectivity index (χ1) is 13.2. The smallest absolute Gasteiger partial charge is 0.256 e. The average molecular weight is 365 g/mol. The molecule has 27 heavy (non-hydrogen) atoms. The van der Waals surface area contributed by atoms with Gasteiger partial charge in [-0.25, -0.2) is 9.37 Å². The molecule has 0 saturated carbocycles. The number of piperidine rings is 1. The molecule has 0 aromatic carbocycles. The van der Waals surface area contributed by atoms with Crippen LogP contribution in [0.25, 0.3) is 0 Å². The zero-order valence-electron chi connectivity index (χ0n) is 14.8. The van der Waals surface area contributed by atoms with Crippen molar-refractivity contribution in [3.8, 4) is 0 Å². The number of carbonyl (C=O) groups is 1. The van der Waals surface area contributed by atoms with Gasteiger partial charge in [-0.2, -0.15) is 0 Å². The van der Waals surface area contributed by atoms with Gasteiger partial charge in [0.25, 0.3) is 5.91 Å². The van der Waals surface area contributed by atoms with Crippen molar-refractivity contribution in [3.63, 3.8) is 0 Å². The van der Waals surface area contributed by atoms with Crippen molar-refractivity contribution in [2.75, 3.05) is 13.1 Å². The van der Waals surface area contributed by atoms with Crippen LogP contribution in [-0.4, -0.2) is 43.4 Å². The van der Waals surface area contributed by atoms with Crippen molar-refractivity contribution in [2.24, 2.45) is 0 Å². The van der Waals surface area contributed by atoms with Crippen LogP contribution in [0.2, 0.25) is 0 Å². The molecule has 0 aliphatic carbocycles. The molecule has 138 valence electrons. The van der Waals surface area contributed by atoms with Gasteiger partial charge in [-0.15, -0.1) is 0 Å². The SMILES string of the molecule is O=C(c1ccncc1F)N1CCC(c2nccn2Cc2ccccn2)CC1. The second-order valence-corrected chi connectivity index (χ2v) is 6.66. The fourth-order valence-corrected chi connectivity index (χ4v) is 3.54. The standard InChI is InChI=1S/C20H20FN5O/c21-18-13-22-8-4-17(18)20(27)25-10-5-15(6-11-25)19-24-9-12-26(19)14-16-3-1-2-7-23-16/h1-4,7-9,12-13,15H,5-6,10-11,14H2. The zero-order valence-corrected chi connectivity index (χ0v) is 14.8. The molecule has 0 atom stereocenters. The quantitative estimate of drug-likeness (QED) is 0.713. The summed E-state index contributed by atoms with van der Waals surface area (Å²) in [6, 6.07) is 7.30. The summed E-state index contributed by atoms with van der Waals surface area (Å²) in [6.07, 6.45) is 9.69. The summed E-state index contributed by atoms with van der Waals surface area (Å²) in [6.45, 7) is 1.85. The first kappa shape index (κ1) is 17.3. The summed E-state index contributed by atoms with van der Waals surface area (Å²) >= 11 is 0. The number of aromatic nitrogens is 4. The van der Waals surface area contributed by atoms with Crippen LogP contribution in [-0.2, 0) is 6.54 Å². The van der Waals surface area contributed by atoms with Crippen LogP contribution in [0.1, 0.15) is 40.6 Å². The Bertz CT molecular complexity index is 919. The average Bonchev–Trinajstić information content (AvgIpc) is 3.17. The molecule has 1 fully saturated rings. The Morgan fingerprint density at radius 3 is 2.70 bits per heavy atom. The molecule has 0 spiro atoms. The molecule has 6 nitrogen and oxygen atoms in total. The first-order valence-corrected chi connectivity index (χ1v) is 9.02. The lowest BCUT2D eigenvalue weighted by molar-refractivity contribution is 0.0705. The summed E-state index contributed by atoms with van der Waals surface area (Å²) in [5.41, 5.74) is 1.07. The molecule has 7 heteroatoms. The third kappa shape index (κ3) is 3.72. The lowest BCUT2D eigenvalue weighted by Gasteiger charge is -2.32. The van der Waals surface area contributed by atoms with E-state index in [-0.39, 0.29) is 17.4 Å². The van der Waals surface area contributed by atoms with Gasteiger partial charge in [0.05, 0.1) is 24.0 Å². The van der Waals surface area contributed by atoms with E-state index in [1.165, 1.54) is 12.3 Å². The number of rotatable bonds is 4. The molecule has 1 amide bonds. The van der Waals surface area contributed by atoms with E-state index in [1.54, 1.807) is 11.1 Å². The number of halogens is 1. The van der Waals surface area contributed by atoms with Crippen LogP contribution in [0.4, 0.5) is 4.39 Å². The predicted molar refractivity (Wildman–Crippen MR) is 97.6 cm³/mol. The van der Waals surface area contributed by atoms with Crippen LogP contribution >= 0.6 is 0 Å². The van der Waals surface area contributed by atoms with Crippen molar-refractivity contribution in [1.82, 2.24) is 24.4 Å². The molecule has 1 saturated heterocycles. The van der Waals surface area contributed by atoms with Gasteiger partial charge in [0.15, 0.2) is 5.82 Å². The zero-order chi connectivity index (χ0) is 18.6. The van der Waals surface area contributed by atoms with Crippen molar-refractivity contribution in [2.45, 2.75) is 25.3 Å². The van der Waals surface area contributed by atoms with Gasteiger partial charge in [0.2, 0.25) is 0 Å². The van der Waals surface area contributed by atoms with Crippen LogP contribution in [0, 0.1) is 5.82 Å². The van der Waals surface area contributed by atoms with E-state index in [4.69, 9.17) is 0 Å². The predicted octanol–water partition coefficient (Wildman–Crippen LogP) is 2.88. The van der Waals surface area contributed by atoms with Gasteiger partial charge in [0.1, 0.15) is 5.82 Å². The maximum atomic E-state index is 13.8. The maximum absolute atomic E-state index is 13.8. The molecule has 0 unspecified atom stereocenters. The highest BCUT2D eigenvalue weighted by Gasteiger charge is 2.28.